The van der Waals surface area contributed by atoms with E-state index in [0.717, 1.165) is 19.5 Å². The second-order valence-electron chi connectivity index (χ2n) is 6.51. The number of benzene rings is 1. The van der Waals surface area contributed by atoms with Crippen molar-refractivity contribution in [3.8, 4) is 0 Å². The van der Waals surface area contributed by atoms with Gasteiger partial charge < -0.3 is 10.2 Å². The maximum Gasteiger partial charge on any atom is 0.0431 e. The van der Waals surface area contributed by atoms with Crippen LogP contribution in [0.4, 0.5) is 5.69 Å². The van der Waals surface area contributed by atoms with Gasteiger partial charge in [-0.1, -0.05) is 25.1 Å². The lowest BCUT2D eigenvalue weighted by atomic mass is 10.00. The van der Waals surface area contributed by atoms with Gasteiger partial charge in [-0.05, 0) is 58.2 Å². The van der Waals surface area contributed by atoms with Crippen molar-refractivity contribution in [2.45, 2.75) is 59.0 Å². The van der Waals surface area contributed by atoms with Crippen molar-refractivity contribution in [3.05, 3.63) is 29.3 Å². The largest absolute Gasteiger partial charge is 0.367 e. The van der Waals surface area contributed by atoms with Crippen molar-refractivity contribution in [1.82, 2.24) is 5.32 Å². The van der Waals surface area contributed by atoms with Crippen LogP contribution in [0.15, 0.2) is 18.2 Å². The van der Waals surface area contributed by atoms with Gasteiger partial charge in [-0.2, -0.15) is 0 Å². The summed E-state index contributed by atoms with van der Waals surface area (Å²) >= 11 is 0. The molecule has 0 saturated carbocycles. The van der Waals surface area contributed by atoms with E-state index in [1.165, 1.54) is 23.2 Å². The van der Waals surface area contributed by atoms with Gasteiger partial charge in [0.05, 0.1) is 0 Å². The maximum atomic E-state index is 3.67. The summed E-state index contributed by atoms with van der Waals surface area (Å²) in [5.41, 5.74) is 4.53. The van der Waals surface area contributed by atoms with Crippen LogP contribution in [0.2, 0.25) is 0 Å². The third-order valence-electron chi connectivity index (χ3n) is 4.25. The van der Waals surface area contributed by atoms with Gasteiger partial charge in [0.15, 0.2) is 0 Å². The summed E-state index contributed by atoms with van der Waals surface area (Å²) in [7, 11) is 0. The lowest BCUT2D eigenvalue weighted by Gasteiger charge is -2.37. The van der Waals surface area contributed by atoms with E-state index in [4.69, 9.17) is 0 Å². The first-order chi connectivity index (χ1) is 8.94. The number of rotatable bonds is 2. The van der Waals surface area contributed by atoms with Crippen molar-refractivity contribution in [3.63, 3.8) is 0 Å². The molecule has 1 fully saturated rings. The quantitative estimate of drug-likeness (QED) is 0.875. The molecular weight excluding hydrogens is 232 g/mol. The Morgan fingerprint density at radius 3 is 2.79 bits per heavy atom. The van der Waals surface area contributed by atoms with Crippen molar-refractivity contribution in [2.75, 3.05) is 18.0 Å². The average molecular weight is 260 g/mol. The second-order valence-corrected chi connectivity index (χ2v) is 6.51. The Morgan fingerprint density at radius 1 is 1.37 bits per heavy atom. The molecule has 0 aliphatic carbocycles. The molecule has 2 heteroatoms. The van der Waals surface area contributed by atoms with Gasteiger partial charge in [-0.15, -0.1) is 0 Å². The van der Waals surface area contributed by atoms with Gasteiger partial charge >= 0.3 is 0 Å². The predicted molar refractivity (Wildman–Crippen MR) is 84.1 cm³/mol. The molecule has 0 spiro atoms. The molecule has 2 rings (SSSR count). The van der Waals surface area contributed by atoms with Crippen LogP contribution in [0, 0.1) is 6.92 Å². The Balaban J connectivity index is 2.43. The Bertz CT molecular complexity index is 437. The van der Waals surface area contributed by atoms with Gasteiger partial charge in [0.1, 0.15) is 0 Å². The third-order valence-corrected chi connectivity index (χ3v) is 4.25. The highest BCUT2D eigenvalue weighted by molar-refractivity contribution is 5.60. The summed E-state index contributed by atoms with van der Waals surface area (Å²) < 4.78 is 0. The number of aryl methyl sites for hydroxylation is 2. The fourth-order valence-corrected chi connectivity index (χ4v) is 3.13. The van der Waals surface area contributed by atoms with Crippen molar-refractivity contribution in [2.24, 2.45) is 0 Å². The highest BCUT2D eigenvalue weighted by Crippen LogP contribution is 2.30. The molecule has 0 amide bonds. The minimum absolute atomic E-state index is 0.179. The Hall–Kier alpha value is -1.02. The summed E-state index contributed by atoms with van der Waals surface area (Å²) in [6.45, 7) is 13.7. The average Bonchev–Trinajstić information content (AvgIpc) is 2.48. The molecule has 1 heterocycles. The highest BCUT2D eigenvalue weighted by atomic mass is 15.2. The normalized spacial score (nSPS) is 23.2. The molecule has 1 saturated heterocycles. The molecule has 0 bridgehead atoms. The molecule has 1 aromatic rings. The summed E-state index contributed by atoms with van der Waals surface area (Å²) in [6.07, 6.45) is 2.31. The molecule has 1 aromatic carbocycles. The molecule has 1 unspecified atom stereocenters. The highest BCUT2D eigenvalue weighted by Gasteiger charge is 2.29. The molecule has 0 radical (unpaired) electrons. The smallest absolute Gasteiger partial charge is 0.0431 e. The first-order valence-electron chi connectivity index (χ1n) is 7.55. The van der Waals surface area contributed by atoms with Crippen LogP contribution in [0.25, 0.3) is 0 Å². The van der Waals surface area contributed by atoms with E-state index in [9.17, 15) is 0 Å². The lowest BCUT2D eigenvalue weighted by Crippen LogP contribution is -2.48. The molecular formula is C17H28N2. The molecule has 0 aromatic heterocycles. The van der Waals surface area contributed by atoms with Crippen LogP contribution in [-0.2, 0) is 6.42 Å². The zero-order valence-electron chi connectivity index (χ0n) is 13.1. The zero-order valence-corrected chi connectivity index (χ0v) is 13.1. The van der Waals surface area contributed by atoms with Crippen LogP contribution in [0.1, 0.15) is 45.2 Å². The molecule has 1 atom stereocenters. The van der Waals surface area contributed by atoms with Gasteiger partial charge in [0.25, 0.3) is 0 Å². The van der Waals surface area contributed by atoms with Gasteiger partial charge in [0.2, 0.25) is 0 Å². The van der Waals surface area contributed by atoms with Crippen LogP contribution in [0.3, 0.4) is 0 Å². The van der Waals surface area contributed by atoms with Crippen LogP contribution in [0.5, 0.6) is 0 Å². The predicted octanol–water partition coefficient (Wildman–Crippen LogP) is 3.52. The Morgan fingerprint density at radius 2 is 2.11 bits per heavy atom. The van der Waals surface area contributed by atoms with Crippen molar-refractivity contribution < 1.29 is 0 Å². The van der Waals surface area contributed by atoms with E-state index in [-0.39, 0.29) is 5.54 Å². The summed E-state index contributed by atoms with van der Waals surface area (Å²) in [4.78, 5) is 2.62. The number of hydrogen-bond donors (Lipinski definition) is 1. The van der Waals surface area contributed by atoms with E-state index in [0.29, 0.717) is 6.04 Å². The molecule has 19 heavy (non-hydrogen) atoms. The molecule has 1 aliphatic heterocycles. The number of para-hydroxylation sites is 1. The molecule has 2 nitrogen and oxygen atoms in total. The SMILES string of the molecule is CCc1cccc(C)c1N1CC(C)(C)NCCC1C. The van der Waals surface area contributed by atoms with Gasteiger partial charge in [-0.25, -0.2) is 0 Å². The topological polar surface area (TPSA) is 15.3 Å². The monoisotopic (exact) mass is 260 g/mol. The lowest BCUT2D eigenvalue weighted by molar-refractivity contribution is 0.415. The van der Waals surface area contributed by atoms with Gasteiger partial charge in [-0.3, -0.25) is 0 Å². The van der Waals surface area contributed by atoms with Crippen molar-refractivity contribution in [1.29, 1.82) is 0 Å². The summed E-state index contributed by atoms with van der Waals surface area (Å²) in [5.74, 6) is 0. The Labute approximate surface area is 118 Å². The zero-order chi connectivity index (χ0) is 14.0. The van der Waals surface area contributed by atoms with E-state index < -0.39 is 0 Å². The first kappa shape index (κ1) is 14.4. The maximum absolute atomic E-state index is 3.67. The van der Waals surface area contributed by atoms with Crippen LogP contribution >= 0.6 is 0 Å². The standard InChI is InChI=1S/C17H28N2/c1-6-15-9-7-8-13(2)16(15)19-12-17(4,5)18-11-10-14(19)3/h7-9,14,18H,6,10-12H2,1-5H3. The molecule has 1 N–H and O–H groups in total. The number of hydrogen-bond acceptors (Lipinski definition) is 2. The van der Waals surface area contributed by atoms with Crippen molar-refractivity contribution >= 4 is 5.69 Å². The van der Waals surface area contributed by atoms with E-state index in [1.54, 1.807) is 0 Å². The number of nitrogens with zero attached hydrogens (tertiary/aromatic N) is 1. The minimum atomic E-state index is 0.179. The molecule has 106 valence electrons. The van der Waals surface area contributed by atoms with E-state index >= 15 is 0 Å². The second kappa shape index (κ2) is 5.54. The summed E-state index contributed by atoms with van der Waals surface area (Å²) in [5, 5.41) is 3.67. The first-order valence-corrected chi connectivity index (χ1v) is 7.55. The molecule has 1 aliphatic rings. The summed E-state index contributed by atoms with van der Waals surface area (Å²) in [6, 6.07) is 7.30. The third kappa shape index (κ3) is 3.11. The van der Waals surface area contributed by atoms with Crippen LogP contribution in [-0.4, -0.2) is 24.7 Å². The fourth-order valence-electron chi connectivity index (χ4n) is 3.13. The van der Waals surface area contributed by atoms with E-state index in [1.807, 2.05) is 0 Å². The number of anilines is 1. The number of nitrogens with one attached hydrogen (secondary N) is 1. The Kier molecular flexibility index (Phi) is 4.19. The van der Waals surface area contributed by atoms with Gasteiger partial charge in [0, 0.05) is 23.8 Å². The van der Waals surface area contributed by atoms with Crippen LogP contribution < -0.4 is 10.2 Å². The fraction of sp³-hybridized carbons (Fsp3) is 0.647. The minimum Gasteiger partial charge on any atom is -0.367 e. The van der Waals surface area contributed by atoms with E-state index in [2.05, 4.69) is 63.0 Å².